The average Bonchev–Trinajstić information content (AvgIpc) is 2.69. The molecule has 0 fully saturated rings. The van der Waals surface area contributed by atoms with Crippen LogP contribution in [0.4, 0.5) is 11.4 Å². The number of amides is 2. The predicted molar refractivity (Wildman–Crippen MR) is 103 cm³/mol. The van der Waals surface area contributed by atoms with E-state index in [1.165, 1.54) is 17.2 Å². The first-order valence-electron chi connectivity index (χ1n) is 8.22. The number of aromatic nitrogens is 1. The summed E-state index contributed by atoms with van der Waals surface area (Å²) in [5.74, 6) is -0.561. The highest BCUT2D eigenvalue weighted by molar-refractivity contribution is 6.08. The molecule has 0 spiro atoms. The number of para-hydroxylation sites is 1. The van der Waals surface area contributed by atoms with Crippen LogP contribution in [0.5, 0.6) is 0 Å². The number of nitrogens with zero attached hydrogens (tertiary/aromatic N) is 2. The van der Waals surface area contributed by atoms with Gasteiger partial charge in [-0.15, -0.1) is 0 Å². The highest BCUT2D eigenvalue weighted by atomic mass is 16.2. The number of hydrogen-bond donors (Lipinski definition) is 1. The second kappa shape index (κ2) is 7.61. The third-order valence-corrected chi connectivity index (χ3v) is 4.00. The molecule has 1 aromatic heterocycles. The molecule has 0 saturated carbocycles. The number of hydrogen-bond acceptors (Lipinski definition) is 3. The fourth-order valence-corrected chi connectivity index (χ4v) is 2.48. The third kappa shape index (κ3) is 3.95. The van der Waals surface area contributed by atoms with E-state index in [9.17, 15) is 9.59 Å². The maximum atomic E-state index is 12.7. The molecule has 0 aliphatic rings. The molecule has 3 aromatic rings. The summed E-state index contributed by atoms with van der Waals surface area (Å²) in [6.07, 6.45) is 1.47. The minimum atomic E-state index is -0.356. The first-order valence-corrected chi connectivity index (χ1v) is 8.22. The van der Waals surface area contributed by atoms with E-state index in [1.807, 2.05) is 61.5 Å². The highest BCUT2D eigenvalue weighted by Gasteiger charge is 2.16. The highest BCUT2D eigenvalue weighted by Crippen LogP contribution is 2.16. The second-order valence-electron chi connectivity index (χ2n) is 5.95. The molecule has 0 bridgehead atoms. The maximum absolute atomic E-state index is 12.7. The smallest absolute Gasteiger partial charge is 0.274 e. The lowest BCUT2D eigenvalue weighted by Gasteiger charge is -2.17. The van der Waals surface area contributed by atoms with Gasteiger partial charge in [0.05, 0.1) is 0 Å². The van der Waals surface area contributed by atoms with Crippen LogP contribution >= 0.6 is 0 Å². The van der Waals surface area contributed by atoms with E-state index >= 15 is 0 Å². The Hall–Kier alpha value is -3.47. The molecule has 2 amide bonds. The third-order valence-electron chi connectivity index (χ3n) is 4.00. The summed E-state index contributed by atoms with van der Waals surface area (Å²) in [7, 11) is 1.70. The average molecular weight is 345 g/mol. The Morgan fingerprint density at radius 2 is 1.65 bits per heavy atom. The minimum Gasteiger partial charge on any atom is -0.321 e. The fourth-order valence-electron chi connectivity index (χ4n) is 2.48. The van der Waals surface area contributed by atoms with Crippen LogP contribution in [-0.4, -0.2) is 23.8 Å². The Morgan fingerprint density at radius 1 is 0.962 bits per heavy atom. The van der Waals surface area contributed by atoms with Crippen LogP contribution in [0.15, 0.2) is 72.9 Å². The van der Waals surface area contributed by atoms with Crippen LogP contribution in [0.1, 0.15) is 26.4 Å². The molecule has 0 aliphatic carbocycles. The minimum absolute atomic E-state index is 0.192. The van der Waals surface area contributed by atoms with E-state index in [0.29, 0.717) is 11.3 Å². The number of aryl methyl sites for hydroxylation is 1. The van der Waals surface area contributed by atoms with Gasteiger partial charge >= 0.3 is 0 Å². The normalized spacial score (nSPS) is 10.2. The summed E-state index contributed by atoms with van der Waals surface area (Å²) in [5, 5.41) is 2.79. The Kier molecular flexibility index (Phi) is 5.08. The van der Waals surface area contributed by atoms with E-state index in [2.05, 4.69) is 10.3 Å². The van der Waals surface area contributed by atoms with Crippen LogP contribution in [0.25, 0.3) is 0 Å². The van der Waals surface area contributed by atoms with Gasteiger partial charge in [0.2, 0.25) is 0 Å². The van der Waals surface area contributed by atoms with Crippen molar-refractivity contribution in [3.63, 3.8) is 0 Å². The van der Waals surface area contributed by atoms with Crippen molar-refractivity contribution in [2.45, 2.75) is 6.92 Å². The van der Waals surface area contributed by atoms with E-state index in [1.54, 1.807) is 13.1 Å². The number of nitrogens with one attached hydrogen (secondary N) is 1. The first kappa shape index (κ1) is 17.4. The largest absolute Gasteiger partial charge is 0.321 e. The number of rotatable bonds is 4. The Morgan fingerprint density at radius 3 is 2.35 bits per heavy atom. The molecule has 130 valence electrons. The number of carbonyl (C=O) groups is 2. The molecule has 3 rings (SSSR count). The number of pyridine rings is 1. The van der Waals surface area contributed by atoms with Crippen LogP contribution in [0.2, 0.25) is 0 Å². The molecule has 1 N–H and O–H groups in total. The van der Waals surface area contributed by atoms with Crippen molar-refractivity contribution in [1.82, 2.24) is 4.98 Å². The fraction of sp³-hybridized carbons (Fsp3) is 0.0952. The van der Waals surface area contributed by atoms with Crippen molar-refractivity contribution in [3.05, 3.63) is 89.7 Å². The Bertz CT molecular complexity index is 922. The summed E-state index contributed by atoms with van der Waals surface area (Å²) < 4.78 is 0. The molecule has 2 aromatic carbocycles. The maximum Gasteiger partial charge on any atom is 0.274 e. The molecule has 0 radical (unpaired) electrons. The van der Waals surface area contributed by atoms with Gasteiger partial charge in [-0.3, -0.25) is 14.6 Å². The lowest BCUT2D eigenvalue weighted by atomic mass is 10.1. The van der Waals surface area contributed by atoms with Crippen LogP contribution in [0.3, 0.4) is 0 Å². The molecular formula is C21H19N3O2. The van der Waals surface area contributed by atoms with Gasteiger partial charge in [0, 0.05) is 30.2 Å². The van der Waals surface area contributed by atoms with Gasteiger partial charge in [-0.05, 0) is 43.3 Å². The predicted octanol–water partition coefficient (Wildman–Crippen LogP) is 3.92. The van der Waals surface area contributed by atoms with Gasteiger partial charge < -0.3 is 10.2 Å². The molecule has 5 heteroatoms. The van der Waals surface area contributed by atoms with Crippen molar-refractivity contribution < 1.29 is 9.59 Å². The molecule has 1 heterocycles. The first-order chi connectivity index (χ1) is 12.5. The summed E-state index contributed by atoms with van der Waals surface area (Å²) in [5.41, 5.74) is 3.16. The molecule has 26 heavy (non-hydrogen) atoms. The molecule has 0 saturated heterocycles. The number of benzene rings is 2. The quantitative estimate of drug-likeness (QED) is 0.779. The van der Waals surface area contributed by atoms with E-state index in [4.69, 9.17) is 0 Å². The van der Waals surface area contributed by atoms with Gasteiger partial charge in [-0.2, -0.15) is 0 Å². The lowest BCUT2D eigenvalue weighted by Crippen LogP contribution is -2.26. The van der Waals surface area contributed by atoms with Crippen LogP contribution in [-0.2, 0) is 0 Å². The van der Waals surface area contributed by atoms with Gasteiger partial charge in [0.1, 0.15) is 5.69 Å². The van der Waals surface area contributed by atoms with Crippen LogP contribution < -0.4 is 10.2 Å². The summed E-state index contributed by atoms with van der Waals surface area (Å²) in [6, 6.07) is 19.9. The van der Waals surface area contributed by atoms with Crippen molar-refractivity contribution in [2.75, 3.05) is 17.3 Å². The van der Waals surface area contributed by atoms with Crippen molar-refractivity contribution in [2.24, 2.45) is 0 Å². The molecule has 0 unspecified atom stereocenters. The van der Waals surface area contributed by atoms with E-state index in [0.717, 1.165) is 11.3 Å². The van der Waals surface area contributed by atoms with Crippen molar-refractivity contribution in [1.29, 1.82) is 0 Å². The van der Waals surface area contributed by atoms with Crippen molar-refractivity contribution >= 4 is 23.2 Å². The molecule has 5 nitrogen and oxygen atoms in total. The lowest BCUT2D eigenvalue weighted by molar-refractivity contribution is 0.0993. The molecule has 0 atom stereocenters. The number of anilines is 2. The standard InChI is InChI=1S/C21H19N3O2/c1-15-8-10-17(11-9-15)23-20(25)19-14-16(12-13-22-19)21(26)24(2)18-6-4-3-5-7-18/h3-14H,1-2H3,(H,23,25). The Labute approximate surface area is 152 Å². The Balaban J connectivity index is 1.78. The van der Waals surface area contributed by atoms with Gasteiger partial charge in [0.25, 0.3) is 11.8 Å². The topological polar surface area (TPSA) is 62.3 Å². The van der Waals surface area contributed by atoms with Gasteiger partial charge in [-0.1, -0.05) is 35.9 Å². The molecule has 0 aliphatic heterocycles. The summed E-state index contributed by atoms with van der Waals surface area (Å²) >= 11 is 0. The zero-order valence-corrected chi connectivity index (χ0v) is 14.6. The van der Waals surface area contributed by atoms with E-state index in [-0.39, 0.29) is 17.5 Å². The SMILES string of the molecule is Cc1ccc(NC(=O)c2cc(C(=O)N(C)c3ccccc3)ccn2)cc1. The van der Waals surface area contributed by atoms with Gasteiger partial charge in [-0.25, -0.2) is 0 Å². The van der Waals surface area contributed by atoms with Crippen LogP contribution in [0, 0.1) is 6.92 Å². The summed E-state index contributed by atoms with van der Waals surface area (Å²) in [6.45, 7) is 1.98. The molecular weight excluding hydrogens is 326 g/mol. The van der Waals surface area contributed by atoms with Gasteiger partial charge in [0.15, 0.2) is 0 Å². The van der Waals surface area contributed by atoms with E-state index < -0.39 is 0 Å². The summed E-state index contributed by atoms with van der Waals surface area (Å²) in [4.78, 5) is 30.7. The zero-order valence-electron chi connectivity index (χ0n) is 14.6. The van der Waals surface area contributed by atoms with Crippen molar-refractivity contribution in [3.8, 4) is 0 Å². The monoisotopic (exact) mass is 345 g/mol. The number of carbonyl (C=O) groups excluding carboxylic acids is 2. The zero-order chi connectivity index (χ0) is 18.5. The second-order valence-corrected chi connectivity index (χ2v) is 5.95.